The number of hydrogen-bond donors (Lipinski definition) is 1. The Morgan fingerprint density at radius 2 is 2.21 bits per heavy atom. The quantitative estimate of drug-likeness (QED) is 0.845. The molecular formula is C11H12BrFN2O3S. The standard InChI is InChI=1S/C11H12BrFN2O3S/c1-11(13,19-3)10(17)15-8-7(12)4-6(5-14-8)9(16)18-2/h4-5H,1-3H3,(H,14,15,17). The van der Waals surface area contributed by atoms with Crippen molar-refractivity contribution in [2.24, 2.45) is 0 Å². The SMILES string of the molecule is COC(=O)c1cnc(NC(=O)C(C)(F)SC)c(Br)c1. The van der Waals surface area contributed by atoms with E-state index in [4.69, 9.17) is 0 Å². The average molecular weight is 351 g/mol. The summed E-state index contributed by atoms with van der Waals surface area (Å²) in [6.45, 7) is 1.16. The molecule has 1 aromatic heterocycles. The fraction of sp³-hybridized carbons (Fsp3) is 0.364. The molecule has 19 heavy (non-hydrogen) atoms. The van der Waals surface area contributed by atoms with E-state index in [1.165, 1.54) is 25.6 Å². The Balaban J connectivity index is 2.93. The predicted octanol–water partition coefficient (Wildman–Crippen LogP) is 2.62. The van der Waals surface area contributed by atoms with Crippen molar-refractivity contribution in [1.29, 1.82) is 0 Å². The van der Waals surface area contributed by atoms with E-state index in [1.54, 1.807) is 0 Å². The van der Waals surface area contributed by atoms with Gasteiger partial charge in [0.15, 0.2) is 0 Å². The minimum absolute atomic E-state index is 0.135. The van der Waals surface area contributed by atoms with Crippen molar-refractivity contribution in [1.82, 2.24) is 4.98 Å². The van der Waals surface area contributed by atoms with E-state index < -0.39 is 16.9 Å². The lowest BCUT2D eigenvalue weighted by atomic mass is 10.3. The Morgan fingerprint density at radius 1 is 1.58 bits per heavy atom. The molecule has 1 aromatic rings. The first-order valence-electron chi connectivity index (χ1n) is 5.11. The second kappa shape index (κ2) is 6.33. The van der Waals surface area contributed by atoms with E-state index in [1.807, 2.05) is 0 Å². The van der Waals surface area contributed by atoms with Crippen LogP contribution in [0.3, 0.4) is 0 Å². The number of nitrogens with one attached hydrogen (secondary N) is 1. The van der Waals surface area contributed by atoms with Crippen molar-refractivity contribution in [2.75, 3.05) is 18.7 Å². The number of rotatable bonds is 4. The lowest BCUT2D eigenvalue weighted by molar-refractivity contribution is -0.121. The predicted molar refractivity (Wildman–Crippen MR) is 74.9 cm³/mol. The summed E-state index contributed by atoms with van der Waals surface area (Å²) in [4.78, 5) is 26.8. The maximum atomic E-state index is 13.7. The number of esters is 1. The van der Waals surface area contributed by atoms with Crippen molar-refractivity contribution in [3.05, 3.63) is 22.3 Å². The number of hydrogen-bond acceptors (Lipinski definition) is 5. The van der Waals surface area contributed by atoms with Crippen molar-refractivity contribution in [3.8, 4) is 0 Å². The van der Waals surface area contributed by atoms with Gasteiger partial charge in [0.2, 0.25) is 5.00 Å². The Morgan fingerprint density at radius 3 is 2.68 bits per heavy atom. The summed E-state index contributed by atoms with van der Waals surface area (Å²) < 4.78 is 18.6. The van der Waals surface area contributed by atoms with Crippen LogP contribution >= 0.6 is 27.7 Å². The highest BCUT2D eigenvalue weighted by Gasteiger charge is 2.32. The van der Waals surface area contributed by atoms with Gasteiger partial charge in [-0.3, -0.25) is 4.79 Å². The molecule has 8 heteroatoms. The monoisotopic (exact) mass is 350 g/mol. The summed E-state index contributed by atoms with van der Waals surface area (Å²) in [5.41, 5.74) is 0.222. The molecule has 0 bridgehead atoms. The highest BCUT2D eigenvalue weighted by Crippen LogP contribution is 2.27. The Hall–Kier alpha value is -1.15. The number of methoxy groups -OCH3 is 1. The van der Waals surface area contributed by atoms with Crippen LogP contribution < -0.4 is 5.32 Å². The van der Waals surface area contributed by atoms with Crippen LogP contribution in [0.25, 0.3) is 0 Å². The molecule has 0 saturated carbocycles. The number of anilines is 1. The molecule has 0 aliphatic heterocycles. The highest BCUT2D eigenvalue weighted by molar-refractivity contribution is 9.10. The number of aromatic nitrogens is 1. The molecule has 1 amide bonds. The molecule has 0 radical (unpaired) electrons. The van der Waals surface area contributed by atoms with Gasteiger partial charge in [0.05, 0.1) is 17.1 Å². The zero-order valence-electron chi connectivity index (χ0n) is 10.5. The zero-order chi connectivity index (χ0) is 14.6. The van der Waals surface area contributed by atoms with Gasteiger partial charge in [0, 0.05) is 6.20 Å². The Kier molecular flexibility index (Phi) is 5.30. The molecule has 0 aliphatic carbocycles. The van der Waals surface area contributed by atoms with Gasteiger partial charge in [-0.25, -0.2) is 14.2 Å². The minimum atomic E-state index is -2.05. The molecule has 5 nitrogen and oxygen atoms in total. The fourth-order valence-electron chi connectivity index (χ4n) is 1.07. The largest absolute Gasteiger partial charge is 0.465 e. The lowest BCUT2D eigenvalue weighted by Gasteiger charge is -2.17. The lowest BCUT2D eigenvalue weighted by Crippen LogP contribution is -2.32. The van der Waals surface area contributed by atoms with Crippen LogP contribution in [0, 0.1) is 0 Å². The molecular weight excluding hydrogens is 339 g/mol. The van der Waals surface area contributed by atoms with Crippen molar-refractivity contribution in [2.45, 2.75) is 11.9 Å². The van der Waals surface area contributed by atoms with Crippen LogP contribution in [0.4, 0.5) is 10.2 Å². The average Bonchev–Trinajstić information content (AvgIpc) is 2.39. The van der Waals surface area contributed by atoms with Crippen LogP contribution in [0.5, 0.6) is 0 Å². The number of nitrogens with zero attached hydrogens (tertiary/aromatic N) is 1. The van der Waals surface area contributed by atoms with E-state index in [0.717, 1.165) is 18.7 Å². The molecule has 0 aliphatic rings. The Labute approximate surface area is 122 Å². The maximum Gasteiger partial charge on any atom is 0.339 e. The number of halogens is 2. The zero-order valence-corrected chi connectivity index (χ0v) is 12.9. The molecule has 104 valence electrons. The number of thioether (sulfide) groups is 1. The van der Waals surface area contributed by atoms with E-state index in [9.17, 15) is 14.0 Å². The van der Waals surface area contributed by atoms with Crippen molar-refractivity contribution >= 4 is 45.4 Å². The Bertz CT molecular complexity index is 511. The van der Waals surface area contributed by atoms with Gasteiger partial charge in [-0.15, -0.1) is 11.8 Å². The molecule has 1 heterocycles. The summed E-state index contributed by atoms with van der Waals surface area (Å²) in [5.74, 6) is -1.24. The number of carbonyl (C=O) groups excluding carboxylic acids is 2. The van der Waals surface area contributed by atoms with Crippen molar-refractivity contribution < 1.29 is 18.7 Å². The molecule has 0 saturated heterocycles. The topological polar surface area (TPSA) is 68.3 Å². The maximum absolute atomic E-state index is 13.7. The number of alkyl halides is 1. The van der Waals surface area contributed by atoms with Crippen LogP contribution in [-0.4, -0.2) is 35.2 Å². The minimum Gasteiger partial charge on any atom is -0.465 e. The third-order valence-electron chi connectivity index (χ3n) is 2.28. The number of pyridine rings is 1. The van der Waals surface area contributed by atoms with E-state index in [0.29, 0.717) is 4.47 Å². The molecule has 0 fully saturated rings. The van der Waals surface area contributed by atoms with Crippen LogP contribution in [0.2, 0.25) is 0 Å². The van der Waals surface area contributed by atoms with Gasteiger partial charge in [0.25, 0.3) is 5.91 Å². The summed E-state index contributed by atoms with van der Waals surface area (Å²) in [7, 11) is 1.25. The van der Waals surface area contributed by atoms with Gasteiger partial charge in [-0.1, -0.05) is 0 Å². The third kappa shape index (κ3) is 3.90. The van der Waals surface area contributed by atoms with Crippen LogP contribution in [0.1, 0.15) is 17.3 Å². The number of ether oxygens (including phenoxy) is 1. The summed E-state index contributed by atoms with van der Waals surface area (Å²) in [5, 5.41) is 0.287. The number of amides is 1. The second-order valence-corrected chi connectivity index (χ2v) is 5.65. The summed E-state index contributed by atoms with van der Waals surface area (Å²) >= 11 is 3.92. The van der Waals surface area contributed by atoms with E-state index in [2.05, 4.69) is 31.0 Å². The van der Waals surface area contributed by atoms with Crippen LogP contribution in [-0.2, 0) is 9.53 Å². The van der Waals surface area contributed by atoms with Crippen LogP contribution in [0.15, 0.2) is 16.7 Å². The third-order valence-corrected chi connectivity index (χ3v) is 3.84. The number of carbonyl (C=O) groups is 2. The van der Waals surface area contributed by atoms with Gasteiger partial charge in [-0.2, -0.15) is 0 Å². The van der Waals surface area contributed by atoms with E-state index >= 15 is 0 Å². The van der Waals surface area contributed by atoms with E-state index in [-0.39, 0.29) is 11.4 Å². The fourth-order valence-corrected chi connectivity index (χ4v) is 1.76. The first-order valence-corrected chi connectivity index (χ1v) is 7.13. The molecule has 1 N–H and O–H groups in total. The smallest absolute Gasteiger partial charge is 0.339 e. The second-order valence-electron chi connectivity index (χ2n) is 3.62. The summed E-state index contributed by atoms with van der Waals surface area (Å²) in [6.07, 6.45) is 2.73. The highest BCUT2D eigenvalue weighted by atomic mass is 79.9. The first kappa shape index (κ1) is 15.9. The molecule has 1 unspecified atom stereocenters. The molecule has 0 aromatic carbocycles. The van der Waals surface area contributed by atoms with Gasteiger partial charge < -0.3 is 10.1 Å². The molecule has 0 spiro atoms. The normalized spacial score (nSPS) is 13.5. The summed E-state index contributed by atoms with van der Waals surface area (Å²) in [6, 6.07) is 1.43. The van der Waals surface area contributed by atoms with Gasteiger partial charge in [0.1, 0.15) is 5.82 Å². The van der Waals surface area contributed by atoms with Gasteiger partial charge in [-0.05, 0) is 35.2 Å². The van der Waals surface area contributed by atoms with Crippen molar-refractivity contribution in [3.63, 3.8) is 0 Å². The molecule has 1 atom stereocenters. The molecule has 1 rings (SSSR count). The van der Waals surface area contributed by atoms with Gasteiger partial charge >= 0.3 is 5.97 Å². The first-order chi connectivity index (χ1) is 8.81.